The van der Waals surface area contributed by atoms with Gasteiger partial charge in [-0.05, 0) is 43.7 Å². The van der Waals surface area contributed by atoms with Gasteiger partial charge < -0.3 is 0 Å². The molecule has 2 aromatic rings. The van der Waals surface area contributed by atoms with Crippen LogP contribution in [0.5, 0.6) is 0 Å². The molecule has 0 bridgehead atoms. The van der Waals surface area contributed by atoms with Gasteiger partial charge in [0.25, 0.3) is 0 Å². The Balaban J connectivity index is 0.00000112. The van der Waals surface area contributed by atoms with Gasteiger partial charge in [0.15, 0.2) is 0 Å². The Morgan fingerprint density at radius 3 is 2.35 bits per heavy atom. The molecule has 0 saturated heterocycles. The molecule has 2 rings (SSSR count). The largest absolute Gasteiger partial charge is 0.296 e. The summed E-state index contributed by atoms with van der Waals surface area (Å²) in [6.45, 7) is 12.1. The van der Waals surface area contributed by atoms with E-state index in [0.717, 1.165) is 22.5 Å². The van der Waals surface area contributed by atoms with Crippen molar-refractivity contribution in [2.45, 2.75) is 41.5 Å². The van der Waals surface area contributed by atoms with Gasteiger partial charge in [-0.15, -0.1) is 0 Å². The lowest BCUT2D eigenvalue weighted by Crippen LogP contribution is -1.95. The third-order valence-electron chi connectivity index (χ3n) is 2.80. The molecule has 124 valence electrons. The Morgan fingerprint density at radius 2 is 1.83 bits per heavy atom. The van der Waals surface area contributed by atoms with Crippen molar-refractivity contribution in [3.8, 4) is 11.3 Å². The molecule has 0 aliphatic heterocycles. The Kier molecular flexibility index (Phi) is 11.1. The van der Waals surface area contributed by atoms with Gasteiger partial charge in [-0.1, -0.05) is 33.8 Å². The molecule has 0 spiro atoms. The maximum atomic E-state index is 4.69. The molecule has 0 saturated carbocycles. The number of aliphatic imine (C=N–C) groups is 1. The number of nitrogens with zero attached hydrogens (tertiary/aromatic N) is 3. The number of hydrogen-bond acceptors (Lipinski definition) is 3. The predicted molar refractivity (Wildman–Crippen MR) is 103 cm³/mol. The quantitative estimate of drug-likeness (QED) is 0.691. The molecule has 0 atom stereocenters. The van der Waals surface area contributed by atoms with Crippen LogP contribution >= 0.6 is 0 Å². The Bertz CT molecular complexity index is 614. The molecular weight excluding hydrogens is 282 g/mol. The summed E-state index contributed by atoms with van der Waals surface area (Å²) in [5.74, 6) is 0. The molecule has 2 heterocycles. The fourth-order valence-electron chi connectivity index (χ4n) is 1.90. The van der Waals surface area contributed by atoms with Crippen molar-refractivity contribution in [2.24, 2.45) is 4.99 Å². The van der Waals surface area contributed by atoms with Crippen LogP contribution in [0.25, 0.3) is 16.8 Å². The van der Waals surface area contributed by atoms with Crippen molar-refractivity contribution < 1.29 is 0 Å². The molecule has 2 aromatic heterocycles. The fourth-order valence-corrected chi connectivity index (χ4v) is 1.90. The Morgan fingerprint density at radius 1 is 1.13 bits per heavy atom. The summed E-state index contributed by atoms with van der Waals surface area (Å²) in [7, 11) is 1.77. The molecule has 3 heteroatoms. The van der Waals surface area contributed by atoms with Crippen LogP contribution in [-0.2, 0) is 0 Å². The zero-order valence-corrected chi connectivity index (χ0v) is 15.5. The van der Waals surface area contributed by atoms with E-state index in [-0.39, 0.29) is 0 Å². The van der Waals surface area contributed by atoms with Crippen LogP contribution in [0.2, 0.25) is 0 Å². The minimum Gasteiger partial charge on any atom is -0.296 e. The summed E-state index contributed by atoms with van der Waals surface area (Å²) in [6.07, 6.45) is 7.44. The second-order valence-corrected chi connectivity index (χ2v) is 4.29. The SMILES string of the molecule is C/C=C(\C=NC)c1cc(C)cc(-c2cccnc2)n1.CC.CC. The van der Waals surface area contributed by atoms with E-state index in [4.69, 9.17) is 4.98 Å². The van der Waals surface area contributed by atoms with Crippen molar-refractivity contribution in [3.05, 3.63) is 54.0 Å². The first-order valence-electron chi connectivity index (χ1n) is 8.22. The molecule has 0 amide bonds. The zero-order valence-electron chi connectivity index (χ0n) is 15.5. The van der Waals surface area contributed by atoms with E-state index in [9.17, 15) is 0 Å². The summed E-state index contributed by atoms with van der Waals surface area (Å²) >= 11 is 0. The molecule has 23 heavy (non-hydrogen) atoms. The van der Waals surface area contributed by atoms with E-state index in [1.54, 1.807) is 13.2 Å². The average molecular weight is 311 g/mol. The molecule has 0 N–H and O–H groups in total. The summed E-state index contributed by atoms with van der Waals surface area (Å²) in [5, 5.41) is 0. The third-order valence-corrected chi connectivity index (χ3v) is 2.80. The van der Waals surface area contributed by atoms with Crippen molar-refractivity contribution >= 4 is 11.8 Å². The second-order valence-electron chi connectivity index (χ2n) is 4.29. The maximum absolute atomic E-state index is 4.69. The zero-order chi connectivity index (χ0) is 17.7. The first-order chi connectivity index (χ1) is 11.2. The van der Waals surface area contributed by atoms with Gasteiger partial charge in [0.1, 0.15) is 0 Å². The molecule has 0 aliphatic rings. The van der Waals surface area contributed by atoms with E-state index in [1.165, 1.54) is 5.56 Å². The van der Waals surface area contributed by atoms with Crippen LogP contribution in [0.15, 0.2) is 47.7 Å². The van der Waals surface area contributed by atoms with Crippen LogP contribution in [0.3, 0.4) is 0 Å². The van der Waals surface area contributed by atoms with Crippen molar-refractivity contribution in [2.75, 3.05) is 7.05 Å². The average Bonchev–Trinajstić information content (AvgIpc) is 2.63. The molecular formula is C20H29N3. The highest BCUT2D eigenvalue weighted by molar-refractivity contribution is 6.09. The lowest BCUT2D eigenvalue weighted by atomic mass is 10.1. The topological polar surface area (TPSA) is 38.1 Å². The van der Waals surface area contributed by atoms with E-state index in [1.807, 2.05) is 65.2 Å². The minimum absolute atomic E-state index is 0.937. The summed E-state index contributed by atoms with van der Waals surface area (Å²) in [6, 6.07) is 8.07. The highest BCUT2D eigenvalue weighted by Gasteiger charge is 2.05. The molecule has 0 fully saturated rings. The summed E-state index contributed by atoms with van der Waals surface area (Å²) in [4.78, 5) is 12.9. The smallest absolute Gasteiger partial charge is 0.0727 e. The first-order valence-corrected chi connectivity index (χ1v) is 8.22. The van der Waals surface area contributed by atoms with Gasteiger partial charge in [0.2, 0.25) is 0 Å². The van der Waals surface area contributed by atoms with Gasteiger partial charge in [-0.3, -0.25) is 9.98 Å². The maximum Gasteiger partial charge on any atom is 0.0727 e. The van der Waals surface area contributed by atoms with Crippen LogP contribution in [-0.4, -0.2) is 23.2 Å². The second kappa shape index (κ2) is 12.3. The number of aromatic nitrogens is 2. The Hall–Kier alpha value is -2.29. The fraction of sp³-hybridized carbons (Fsp3) is 0.350. The highest BCUT2D eigenvalue weighted by atomic mass is 14.7. The number of hydrogen-bond donors (Lipinski definition) is 0. The summed E-state index contributed by atoms with van der Waals surface area (Å²) < 4.78 is 0. The number of pyridine rings is 2. The van der Waals surface area contributed by atoms with Crippen LogP contribution in [0, 0.1) is 6.92 Å². The molecule has 0 radical (unpaired) electrons. The lowest BCUT2D eigenvalue weighted by molar-refractivity contribution is 1.23. The number of aryl methyl sites for hydroxylation is 1. The van der Waals surface area contributed by atoms with E-state index >= 15 is 0 Å². The van der Waals surface area contributed by atoms with Crippen LogP contribution in [0.1, 0.15) is 45.9 Å². The van der Waals surface area contributed by atoms with Crippen molar-refractivity contribution in [1.82, 2.24) is 9.97 Å². The lowest BCUT2D eigenvalue weighted by Gasteiger charge is -2.07. The normalized spacial score (nSPS) is 10.5. The molecule has 0 aliphatic carbocycles. The molecule has 0 aromatic carbocycles. The van der Waals surface area contributed by atoms with Crippen molar-refractivity contribution in [1.29, 1.82) is 0 Å². The Labute approximate surface area is 141 Å². The standard InChI is InChI=1S/C16H17N3.2C2H6/c1-4-13(10-17-3)15-8-12(2)9-16(19-15)14-6-5-7-18-11-14;2*1-2/h4-11H,1-3H3;2*1-2H3/b13-4+,17-10?;;. The van der Waals surface area contributed by atoms with Gasteiger partial charge in [-0.25, -0.2) is 4.98 Å². The van der Waals surface area contributed by atoms with Crippen LogP contribution < -0.4 is 0 Å². The highest BCUT2D eigenvalue weighted by Crippen LogP contribution is 2.20. The van der Waals surface area contributed by atoms with Gasteiger partial charge >= 0.3 is 0 Å². The number of allylic oxidation sites excluding steroid dienone is 2. The van der Waals surface area contributed by atoms with Crippen molar-refractivity contribution in [3.63, 3.8) is 0 Å². The molecule has 0 unspecified atom stereocenters. The van der Waals surface area contributed by atoms with Gasteiger partial charge in [-0.2, -0.15) is 0 Å². The summed E-state index contributed by atoms with van der Waals surface area (Å²) in [5.41, 5.74) is 5.10. The van der Waals surface area contributed by atoms with Crippen LogP contribution in [0.4, 0.5) is 0 Å². The van der Waals surface area contributed by atoms with Gasteiger partial charge in [0, 0.05) is 36.8 Å². The predicted octanol–water partition coefficient (Wildman–Crippen LogP) is 5.61. The van der Waals surface area contributed by atoms with E-state index < -0.39 is 0 Å². The number of rotatable bonds is 3. The third kappa shape index (κ3) is 6.55. The van der Waals surface area contributed by atoms with E-state index in [2.05, 4.69) is 29.0 Å². The minimum atomic E-state index is 0.937. The first kappa shape index (κ1) is 20.7. The van der Waals surface area contributed by atoms with E-state index in [0.29, 0.717) is 0 Å². The van der Waals surface area contributed by atoms with Gasteiger partial charge in [0.05, 0.1) is 11.4 Å². The monoisotopic (exact) mass is 311 g/mol. The molecule has 3 nitrogen and oxygen atoms in total.